The van der Waals surface area contributed by atoms with Gasteiger partial charge in [-0.15, -0.1) is 15.6 Å². The van der Waals surface area contributed by atoms with Crippen LogP contribution in [0.2, 0.25) is 0 Å². The molecule has 170 valence electrons. The van der Waals surface area contributed by atoms with Gasteiger partial charge in [-0.3, -0.25) is 0 Å². The third-order valence-corrected chi connectivity index (χ3v) is 7.80. The van der Waals surface area contributed by atoms with Crippen molar-refractivity contribution in [2.24, 2.45) is 0 Å². The Labute approximate surface area is 183 Å². The maximum atomic E-state index is 14.5. The molecular weight excluding hydrogens is 458 g/mol. The fourth-order valence-electron chi connectivity index (χ4n) is 3.69. The van der Waals surface area contributed by atoms with Crippen LogP contribution in [0.25, 0.3) is 10.6 Å². The number of aliphatic hydroxyl groups is 1. The van der Waals surface area contributed by atoms with Gasteiger partial charge in [0, 0.05) is 36.4 Å². The fraction of sp³-hybridized carbons (Fsp3) is 0.611. The lowest BCUT2D eigenvalue weighted by Gasteiger charge is -2.30. The molecule has 3 heterocycles. The largest absolute Gasteiger partial charge is 0.598 e. The number of thiazole rings is 1. The van der Waals surface area contributed by atoms with Crippen LogP contribution in [0.4, 0.5) is 23.5 Å². The first kappa shape index (κ1) is 22.6. The van der Waals surface area contributed by atoms with Gasteiger partial charge in [-0.1, -0.05) is 0 Å². The first-order valence-electron chi connectivity index (χ1n) is 9.75. The summed E-state index contributed by atoms with van der Waals surface area (Å²) in [4.78, 5) is 11.3. The number of rotatable bonds is 5. The van der Waals surface area contributed by atoms with E-state index in [1.165, 1.54) is 0 Å². The van der Waals surface area contributed by atoms with Crippen molar-refractivity contribution in [3.8, 4) is 10.6 Å². The van der Waals surface area contributed by atoms with Crippen molar-refractivity contribution in [3.63, 3.8) is 0 Å². The first-order chi connectivity index (χ1) is 14.6. The molecular formula is C18H21F4N5O2S2. The number of halogens is 4. The van der Waals surface area contributed by atoms with Crippen LogP contribution < -0.4 is 5.32 Å². The third-order valence-electron chi connectivity index (χ3n) is 5.48. The zero-order chi connectivity index (χ0) is 22.3. The van der Waals surface area contributed by atoms with E-state index in [4.69, 9.17) is 0 Å². The SMILES string of the molecule is C[S+]([O-])N1CCC(Nc2ncc(F)c(-c3sc(C4CC(O)C4)nc3C(F)(F)F)n2)CC1. The van der Waals surface area contributed by atoms with E-state index in [1.54, 1.807) is 6.26 Å². The maximum Gasteiger partial charge on any atom is 0.434 e. The smallest absolute Gasteiger partial charge is 0.434 e. The molecule has 7 nitrogen and oxygen atoms in total. The van der Waals surface area contributed by atoms with Gasteiger partial charge in [0.2, 0.25) is 5.95 Å². The molecule has 13 heteroatoms. The monoisotopic (exact) mass is 479 g/mol. The predicted molar refractivity (Wildman–Crippen MR) is 108 cm³/mol. The molecule has 1 saturated carbocycles. The highest BCUT2D eigenvalue weighted by molar-refractivity contribution is 7.88. The summed E-state index contributed by atoms with van der Waals surface area (Å²) < 4.78 is 68.7. The topological polar surface area (TPSA) is 97.2 Å². The van der Waals surface area contributed by atoms with Crippen molar-refractivity contribution in [2.45, 2.75) is 49.9 Å². The standard InChI is InChI=1S/C18H21F4N5O2S2/c1-31(29)27-4-2-10(3-5-27)24-17-23-8-12(19)13(25-17)14-15(18(20,21)22)26-16(30-14)9-6-11(28)7-9/h8-11,28H,2-7H2,1H3,(H,23,24,25). The van der Waals surface area contributed by atoms with Gasteiger partial charge in [-0.2, -0.15) is 13.2 Å². The molecule has 1 unspecified atom stereocenters. The molecule has 0 radical (unpaired) electrons. The molecule has 2 aromatic heterocycles. The summed E-state index contributed by atoms with van der Waals surface area (Å²) >= 11 is -0.302. The van der Waals surface area contributed by atoms with Crippen LogP contribution in [0, 0.1) is 5.82 Å². The van der Waals surface area contributed by atoms with Gasteiger partial charge in [0.05, 0.1) is 22.2 Å². The number of piperidine rings is 1. The minimum Gasteiger partial charge on any atom is -0.598 e. The summed E-state index contributed by atoms with van der Waals surface area (Å²) in [7, 11) is 0. The summed E-state index contributed by atoms with van der Waals surface area (Å²) in [6, 6.07) is -0.0614. The highest BCUT2D eigenvalue weighted by Gasteiger charge is 2.41. The van der Waals surface area contributed by atoms with Gasteiger partial charge in [-0.25, -0.2) is 19.3 Å². The van der Waals surface area contributed by atoms with Crippen molar-refractivity contribution in [3.05, 3.63) is 22.7 Å². The average molecular weight is 480 g/mol. The van der Waals surface area contributed by atoms with Crippen molar-refractivity contribution in [1.82, 2.24) is 19.3 Å². The van der Waals surface area contributed by atoms with Crippen LogP contribution in [0.5, 0.6) is 0 Å². The predicted octanol–water partition coefficient (Wildman–Crippen LogP) is 3.17. The second-order valence-electron chi connectivity index (χ2n) is 7.71. The highest BCUT2D eigenvalue weighted by atomic mass is 32.2. The van der Waals surface area contributed by atoms with Crippen molar-refractivity contribution < 1.29 is 27.2 Å². The molecule has 1 saturated heterocycles. The summed E-state index contributed by atoms with van der Waals surface area (Å²) in [5.41, 5.74) is -1.61. The van der Waals surface area contributed by atoms with E-state index in [9.17, 15) is 27.2 Å². The normalized spacial score (nSPS) is 24.1. The van der Waals surface area contributed by atoms with Gasteiger partial charge < -0.3 is 15.0 Å². The molecule has 1 aliphatic carbocycles. The second-order valence-corrected chi connectivity index (χ2v) is 10.1. The molecule has 2 aromatic rings. The van der Waals surface area contributed by atoms with Crippen molar-refractivity contribution >= 4 is 28.6 Å². The van der Waals surface area contributed by atoms with Crippen LogP contribution >= 0.6 is 11.3 Å². The van der Waals surface area contributed by atoms with Crippen molar-refractivity contribution in [1.29, 1.82) is 0 Å². The van der Waals surface area contributed by atoms with E-state index in [0.29, 0.717) is 38.8 Å². The average Bonchev–Trinajstić information content (AvgIpc) is 3.12. The number of hydrogen-bond acceptors (Lipinski definition) is 8. The molecule has 0 bridgehead atoms. The van der Waals surface area contributed by atoms with E-state index < -0.39 is 40.8 Å². The summed E-state index contributed by atoms with van der Waals surface area (Å²) in [6.07, 6.45) is -0.872. The van der Waals surface area contributed by atoms with Crippen LogP contribution in [-0.2, 0) is 17.5 Å². The molecule has 31 heavy (non-hydrogen) atoms. The molecule has 4 rings (SSSR count). The zero-order valence-corrected chi connectivity index (χ0v) is 18.2. The van der Waals surface area contributed by atoms with Gasteiger partial charge in [0.25, 0.3) is 0 Å². The van der Waals surface area contributed by atoms with Crippen LogP contribution in [-0.4, -0.2) is 60.4 Å². The van der Waals surface area contributed by atoms with Crippen LogP contribution in [0.15, 0.2) is 6.20 Å². The molecule has 0 amide bonds. The Morgan fingerprint density at radius 3 is 2.52 bits per heavy atom. The summed E-state index contributed by atoms with van der Waals surface area (Å²) in [5, 5.41) is 12.7. The van der Waals surface area contributed by atoms with E-state index >= 15 is 0 Å². The van der Waals surface area contributed by atoms with Gasteiger partial charge in [0.1, 0.15) is 11.9 Å². The van der Waals surface area contributed by atoms with E-state index in [2.05, 4.69) is 20.3 Å². The Kier molecular flexibility index (Phi) is 6.41. The van der Waals surface area contributed by atoms with Crippen molar-refractivity contribution in [2.75, 3.05) is 24.7 Å². The maximum absolute atomic E-state index is 14.5. The fourth-order valence-corrected chi connectivity index (χ4v) is 5.62. The lowest BCUT2D eigenvalue weighted by atomic mass is 9.83. The van der Waals surface area contributed by atoms with Gasteiger partial charge in [0.15, 0.2) is 11.5 Å². The third kappa shape index (κ3) is 4.95. The summed E-state index contributed by atoms with van der Waals surface area (Å²) in [6.45, 7) is 1.19. The zero-order valence-electron chi connectivity index (χ0n) is 16.5. The van der Waals surface area contributed by atoms with E-state index in [-0.39, 0.29) is 27.8 Å². The number of nitrogens with one attached hydrogen (secondary N) is 1. The number of nitrogens with zero attached hydrogens (tertiary/aromatic N) is 4. The van der Waals surface area contributed by atoms with Crippen LogP contribution in [0.3, 0.4) is 0 Å². The Morgan fingerprint density at radius 1 is 1.26 bits per heavy atom. The molecule has 1 atom stereocenters. The Hall–Kier alpha value is -1.54. The number of aromatic nitrogens is 3. The molecule has 0 spiro atoms. The molecule has 2 N–H and O–H groups in total. The molecule has 1 aliphatic heterocycles. The number of hydrogen-bond donors (Lipinski definition) is 2. The number of anilines is 1. The molecule has 2 aliphatic rings. The van der Waals surface area contributed by atoms with Crippen LogP contribution in [0.1, 0.15) is 42.3 Å². The first-order valence-corrected chi connectivity index (χ1v) is 12.1. The Balaban J connectivity index is 1.58. The Bertz CT molecular complexity index is 928. The Morgan fingerprint density at radius 2 is 1.94 bits per heavy atom. The van der Waals surface area contributed by atoms with E-state index in [0.717, 1.165) is 17.5 Å². The lowest BCUT2D eigenvalue weighted by Crippen LogP contribution is -2.42. The van der Waals surface area contributed by atoms with E-state index in [1.807, 2.05) is 4.31 Å². The quantitative estimate of drug-likeness (QED) is 0.502. The highest BCUT2D eigenvalue weighted by Crippen LogP contribution is 2.46. The van der Waals surface area contributed by atoms with Gasteiger partial charge >= 0.3 is 6.18 Å². The van der Waals surface area contributed by atoms with Gasteiger partial charge in [-0.05, 0) is 25.7 Å². The minimum absolute atomic E-state index is 0.0367. The summed E-state index contributed by atoms with van der Waals surface area (Å²) in [5.74, 6) is -1.20. The number of aliphatic hydroxyl groups excluding tert-OH is 1. The lowest BCUT2D eigenvalue weighted by molar-refractivity contribution is -0.140. The minimum atomic E-state index is -4.76. The molecule has 2 fully saturated rings. The second kappa shape index (κ2) is 8.77. The molecule has 0 aromatic carbocycles. The number of alkyl halides is 3.